The SMILES string of the molecule is O=COCCC(=O)CCC(=O)Oc1ccc([N+](=O)[O-])cc1. The number of ketones is 1. The Kier molecular flexibility index (Phi) is 6.52. The zero-order valence-electron chi connectivity index (χ0n) is 11.0. The van der Waals surface area contributed by atoms with Crippen LogP contribution < -0.4 is 4.74 Å². The molecule has 21 heavy (non-hydrogen) atoms. The van der Waals surface area contributed by atoms with E-state index in [2.05, 4.69) is 4.74 Å². The summed E-state index contributed by atoms with van der Waals surface area (Å²) in [5.74, 6) is -0.673. The van der Waals surface area contributed by atoms with Gasteiger partial charge in [0.2, 0.25) is 0 Å². The van der Waals surface area contributed by atoms with Gasteiger partial charge >= 0.3 is 5.97 Å². The molecule has 0 N–H and O–H groups in total. The van der Waals surface area contributed by atoms with Gasteiger partial charge in [-0.15, -0.1) is 0 Å². The number of rotatable bonds is 9. The van der Waals surface area contributed by atoms with Crippen molar-refractivity contribution in [3.63, 3.8) is 0 Å². The number of ether oxygens (including phenoxy) is 2. The number of hydrogen-bond acceptors (Lipinski definition) is 7. The molecule has 0 atom stereocenters. The summed E-state index contributed by atoms with van der Waals surface area (Å²) in [5, 5.41) is 10.4. The van der Waals surface area contributed by atoms with E-state index < -0.39 is 10.9 Å². The molecule has 0 aliphatic heterocycles. The van der Waals surface area contributed by atoms with Crippen LogP contribution in [0, 0.1) is 10.1 Å². The van der Waals surface area contributed by atoms with Crippen LogP contribution >= 0.6 is 0 Å². The van der Waals surface area contributed by atoms with Crippen molar-refractivity contribution >= 4 is 23.9 Å². The largest absolute Gasteiger partial charge is 0.467 e. The van der Waals surface area contributed by atoms with Crippen molar-refractivity contribution in [2.24, 2.45) is 0 Å². The Labute approximate surface area is 119 Å². The molecule has 1 rings (SSSR count). The minimum atomic E-state index is -0.617. The third-order valence-electron chi connectivity index (χ3n) is 2.45. The lowest BCUT2D eigenvalue weighted by Crippen LogP contribution is -2.11. The number of benzene rings is 1. The highest BCUT2D eigenvalue weighted by Gasteiger charge is 2.10. The predicted molar refractivity (Wildman–Crippen MR) is 69.6 cm³/mol. The van der Waals surface area contributed by atoms with E-state index in [1.54, 1.807) is 0 Å². The lowest BCUT2D eigenvalue weighted by atomic mass is 10.2. The van der Waals surface area contributed by atoms with E-state index in [-0.39, 0.29) is 49.6 Å². The van der Waals surface area contributed by atoms with Crippen molar-refractivity contribution in [2.75, 3.05) is 6.61 Å². The monoisotopic (exact) mass is 295 g/mol. The number of esters is 1. The first kappa shape index (κ1) is 16.3. The summed E-state index contributed by atoms with van der Waals surface area (Å²) in [5.41, 5.74) is -0.111. The summed E-state index contributed by atoms with van der Waals surface area (Å²) < 4.78 is 9.29. The first-order chi connectivity index (χ1) is 10.0. The van der Waals surface area contributed by atoms with Gasteiger partial charge in [0.15, 0.2) is 0 Å². The van der Waals surface area contributed by atoms with E-state index in [4.69, 9.17) is 4.74 Å². The van der Waals surface area contributed by atoms with Gasteiger partial charge in [-0.3, -0.25) is 24.5 Å². The van der Waals surface area contributed by atoms with E-state index in [1.807, 2.05) is 0 Å². The maximum atomic E-state index is 11.5. The van der Waals surface area contributed by atoms with Gasteiger partial charge in [-0.05, 0) is 12.1 Å². The van der Waals surface area contributed by atoms with Gasteiger partial charge in [0, 0.05) is 25.0 Å². The summed E-state index contributed by atoms with van der Waals surface area (Å²) in [6, 6.07) is 5.03. The summed E-state index contributed by atoms with van der Waals surface area (Å²) >= 11 is 0. The number of hydrogen-bond donors (Lipinski definition) is 0. The Morgan fingerprint density at radius 1 is 1.14 bits per heavy atom. The van der Waals surface area contributed by atoms with Crippen LogP contribution in [0.5, 0.6) is 5.75 Å². The Hall–Kier alpha value is -2.77. The Bertz CT molecular complexity index is 524. The van der Waals surface area contributed by atoms with E-state index in [0.717, 1.165) is 0 Å². The van der Waals surface area contributed by atoms with Crippen LogP contribution in [-0.2, 0) is 19.1 Å². The molecule has 0 amide bonds. The number of carbonyl (C=O) groups is 3. The molecule has 1 aromatic rings. The quantitative estimate of drug-likeness (QED) is 0.169. The fourth-order valence-electron chi connectivity index (χ4n) is 1.41. The number of nitro groups is 1. The van der Waals surface area contributed by atoms with Crippen LogP contribution in [0.2, 0.25) is 0 Å². The zero-order chi connectivity index (χ0) is 15.7. The first-order valence-corrected chi connectivity index (χ1v) is 6.05. The summed E-state index contributed by atoms with van der Waals surface area (Å²) in [7, 11) is 0. The third-order valence-corrected chi connectivity index (χ3v) is 2.45. The highest BCUT2D eigenvalue weighted by atomic mass is 16.6. The Morgan fingerprint density at radius 3 is 2.38 bits per heavy atom. The van der Waals surface area contributed by atoms with Gasteiger partial charge in [0.05, 0.1) is 18.0 Å². The second-order valence-electron chi connectivity index (χ2n) is 3.98. The first-order valence-electron chi connectivity index (χ1n) is 6.05. The molecule has 0 heterocycles. The van der Waals surface area contributed by atoms with Crippen molar-refractivity contribution in [3.05, 3.63) is 34.4 Å². The molecule has 0 bridgehead atoms. The molecule has 1 aromatic carbocycles. The fourth-order valence-corrected chi connectivity index (χ4v) is 1.41. The number of carbonyl (C=O) groups excluding carboxylic acids is 3. The van der Waals surface area contributed by atoms with Crippen molar-refractivity contribution in [3.8, 4) is 5.75 Å². The van der Waals surface area contributed by atoms with Gasteiger partial charge in [-0.2, -0.15) is 0 Å². The van der Waals surface area contributed by atoms with Crippen LogP contribution in [-0.4, -0.2) is 29.8 Å². The third kappa shape index (κ3) is 6.28. The van der Waals surface area contributed by atoms with Crippen molar-refractivity contribution < 1.29 is 28.8 Å². The second kappa shape index (κ2) is 8.41. The van der Waals surface area contributed by atoms with Crippen molar-refractivity contribution in [2.45, 2.75) is 19.3 Å². The molecule has 0 saturated carbocycles. The van der Waals surface area contributed by atoms with E-state index in [1.165, 1.54) is 24.3 Å². The lowest BCUT2D eigenvalue weighted by Gasteiger charge is -2.03. The molecule has 112 valence electrons. The topological polar surface area (TPSA) is 113 Å². The van der Waals surface area contributed by atoms with Gasteiger partial charge < -0.3 is 9.47 Å². The number of Topliss-reactive ketones (excluding diaryl/α,β-unsaturated/α-hetero) is 1. The minimum Gasteiger partial charge on any atom is -0.467 e. The molecule has 0 radical (unpaired) electrons. The minimum absolute atomic E-state index is 0.0142. The standard InChI is InChI=1S/C13H13NO7/c15-9-20-8-7-11(16)3-6-13(17)21-12-4-1-10(2-5-12)14(18)19/h1-2,4-5,9H,3,6-8H2. The fraction of sp³-hybridized carbons (Fsp3) is 0.308. The average molecular weight is 295 g/mol. The normalized spacial score (nSPS) is 9.71. The Balaban J connectivity index is 2.34. The number of nitrogens with zero attached hydrogens (tertiary/aromatic N) is 1. The second-order valence-corrected chi connectivity index (χ2v) is 3.98. The van der Waals surface area contributed by atoms with Crippen molar-refractivity contribution in [1.29, 1.82) is 0 Å². The zero-order valence-corrected chi connectivity index (χ0v) is 11.0. The average Bonchev–Trinajstić information content (AvgIpc) is 2.46. The van der Waals surface area contributed by atoms with Gasteiger partial charge in [0.1, 0.15) is 11.5 Å². The molecule has 0 aliphatic rings. The van der Waals surface area contributed by atoms with Crippen LogP contribution in [0.15, 0.2) is 24.3 Å². The molecule has 8 heteroatoms. The van der Waals surface area contributed by atoms with E-state index in [9.17, 15) is 24.5 Å². The highest BCUT2D eigenvalue weighted by molar-refractivity contribution is 5.83. The molecule has 8 nitrogen and oxygen atoms in total. The maximum Gasteiger partial charge on any atom is 0.311 e. The van der Waals surface area contributed by atoms with Crippen LogP contribution in [0.4, 0.5) is 5.69 Å². The molecule has 0 fully saturated rings. The molecular weight excluding hydrogens is 282 g/mol. The van der Waals surface area contributed by atoms with E-state index >= 15 is 0 Å². The van der Waals surface area contributed by atoms with Crippen molar-refractivity contribution in [1.82, 2.24) is 0 Å². The summed E-state index contributed by atoms with van der Waals surface area (Å²) in [6.45, 7) is 0.232. The van der Waals surface area contributed by atoms with Gasteiger partial charge in [0.25, 0.3) is 12.2 Å². The molecule has 0 aliphatic carbocycles. The van der Waals surface area contributed by atoms with Gasteiger partial charge in [-0.1, -0.05) is 0 Å². The predicted octanol–water partition coefficient (Wildman–Crippen LogP) is 1.41. The summed E-state index contributed by atoms with van der Waals surface area (Å²) in [4.78, 5) is 42.5. The smallest absolute Gasteiger partial charge is 0.311 e. The summed E-state index contributed by atoms with van der Waals surface area (Å²) in [6.07, 6.45) is -0.0888. The van der Waals surface area contributed by atoms with Gasteiger partial charge in [-0.25, -0.2) is 0 Å². The molecule has 0 aromatic heterocycles. The molecule has 0 spiro atoms. The molecule has 0 unspecified atom stereocenters. The molecular formula is C13H13NO7. The van der Waals surface area contributed by atoms with Crippen LogP contribution in [0.3, 0.4) is 0 Å². The maximum absolute atomic E-state index is 11.5. The van der Waals surface area contributed by atoms with E-state index in [0.29, 0.717) is 0 Å². The Morgan fingerprint density at radius 2 is 1.81 bits per heavy atom. The van der Waals surface area contributed by atoms with Crippen LogP contribution in [0.1, 0.15) is 19.3 Å². The highest BCUT2D eigenvalue weighted by Crippen LogP contribution is 2.17. The lowest BCUT2D eigenvalue weighted by molar-refractivity contribution is -0.384. The van der Waals surface area contributed by atoms with Crippen LogP contribution in [0.25, 0.3) is 0 Å². The molecule has 0 saturated heterocycles. The number of non-ortho nitro benzene ring substituents is 1. The number of nitro benzene ring substituents is 1.